The number of aliphatic carboxylic acids is 1. The molecule has 1 aromatic carbocycles. The molecule has 1 aromatic rings. The van der Waals surface area contributed by atoms with Gasteiger partial charge in [-0.05, 0) is 92.7 Å². The van der Waals surface area contributed by atoms with Crippen molar-refractivity contribution in [2.75, 3.05) is 0 Å². The fraction of sp³-hybridized carbons (Fsp3) is 0.565. The topological polar surface area (TPSA) is 61.1 Å². The smallest absolute Gasteiger partial charge is 0.307 e. The molecule has 0 amide bonds. The number of hydrogen-bond acceptors (Lipinski definition) is 2. The van der Waals surface area contributed by atoms with E-state index >= 15 is 0 Å². The van der Waals surface area contributed by atoms with Gasteiger partial charge in [-0.2, -0.15) is 5.26 Å². The molecule has 2 fully saturated rings. The number of rotatable bonds is 5. The van der Waals surface area contributed by atoms with E-state index in [1.807, 2.05) is 18.2 Å². The maximum atomic E-state index is 10.6. The third-order valence-corrected chi connectivity index (χ3v) is 6.47. The number of carboxylic acid groups (broad SMARTS) is 1. The lowest BCUT2D eigenvalue weighted by atomic mass is 9.68. The summed E-state index contributed by atoms with van der Waals surface area (Å²) in [5.74, 6) is 2.23. The second-order valence-corrected chi connectivity index (χ2v) is 8.05. The highest BCUT2D eigenvalue weighted by Gasteiger charge is 2.30. The van der Waals surface area contributed by atoms with Crippen LogP contribution in [-0.2, 0) is 4.79 Å². The molecule has 0 aliphatic heterocycles. The molecule has 0 atom stereocenters. The van der Waals surface area contributed by atoms with Crippen LogP contribution in [-0.4, -0.2) is 11.1 Å². The molecule has 0 radical (unpaired) electrons. The maximum Gasteiger partial charge on any atom is 0.307 e. The van der Waals surface area contributed by atoms with Crippen LogP contribution in [0, 0.1) is 29.1 Å². The third-order valence-electron chi connectivity index (χ3n) is 6.47. The van der Waals surface area contributed by atoms with Crippen LogP contribution in [0.4, 0.5) is 0 Å². The zero-order valence-electron chi connectivity index (χ0n) is 15.4. The Hall–Kier alpha value is -2.08. The summed E-state index contributed by atoms with van der Waals surface area (Å²) in [6.45, 7) is 0. The Morgan fingerprint density at radius 3 is 2.12 bits per heavy atom. The van der Waals surface area contributed by atoms with E-state index in [2.05, 4.69) is 24.3 Å². The molecule has 0 saturated heterocycles. The Labute approximate surface area is 156 Å². The summed E-state index contributed by atoms with van der Waals surface area (Å²) in [6.07, 6.45) is 14.4. The second-order valence-electron chi connectivity index (χ2n) is 8.05. The molecular formula is C23H29NO2. The fourth-order valence-electron chi connectivity index (χ4n) is 4.92. The Bertz CT molecular complexity index is 654. The summed E-state index contributed by atoms with van der Waals surface area (Å²) in [4.78, 5) is 10.6. The quantitative estimate of drug-likeness (QED) is 0.695. The summed E-state index contributed by atoms with van der Waals surface area (Å²) >= 11 is 0. The van der Waals surface area contributed by atoms with E-state index in [1.54, 1.807) is 0 Å². The monoisotopic (exact) mass is 351 g/mol. The standard InChI is InChI=1S/C23H29NO2/c24-16-18-6-10-20(11-7-18)22-14-12-21(13-15-22)19-8-4-17(5-9-19)2-1-3-23(25)26/h1-2,6-7,10-11,17,19,21-22H,3-5,8-9,12-15H2,(H,25,26)/t17-,19-,21-,22-. The molecule has 2 saturated carbocycles. The van der Waals surface area contributed by atoms with Gasteiger partial charge in [-0.25, -0.2) is 0 Å². The molecule has 0 unspecified atom stereocenters. The molecule has 2 aliphatic rings. The lowest BCUT2D eigenvalue weighted by molar-refractivity contribution is -0.136. The average Bonchev–Trinajstić information content (AvgIpc) is 2.68. The van der Waals surface area contributed by atoms with Crippen molar-refractivity contribution in [2.24, 2.45) is 17.8 Å². The van der Waals surface area contributed by atoms with Crippen molar-refractivity contribution >= 4 is 5.97 Å². The predicted octanol–water partition coefficient (Wildman–Crippen LogP) is 5.67. The van der Waals surface area contributed by atoms with E-state index in [0.717, 1.165) is 17.4 Å². The molecule has 3 rings (SSSR count). The van der Waals surface area contributed by atoms with E-state index in [1.165, 1.54) is 56.9 Å². The number of benzene rings is 1. The van der Waals surface area contributed by atoms with Crippen molar-refractivity contribution in [3.63, 3.8) is 0 Å². The summed E-state index contributed by atoms with van der Waals surface area (Å²) in [5.41, 5.74) is 2.14. The van der Waals surface area contributed by atoms with Gasteiger partial charge in [0.25, 0.3) is 0 Å². The summed E-state index contributed by atoms with van der Waals surface area (Å²) in [7, 11) is 0. The first kappa shape index (κ1) is 18.7. The molecule has 3 nitrogen and oxygen atoms in total. The largest absolute Gasteiger partial charge is 0.481 e. The van der Waals surface area contributed by atoms with Gasteiger partial charge in [-0.3, -0.25) is 4.79 Å². The Morgan fingerprint density at radius 2 is 1.58 bits per heavy atom. The van der Waals surface area contributed by atoms with E-state index in [-0.39, 0.29) is 6.42 Å². The van der Waals surface area contributed by atoms with E-state index < -0.39 is 5.97 Å². The van der Waals surface area contributed by atoms with Gasteiger partial charge in [0.15, 0.2) is 0 Å². The van der Waals surface area contributed by atoms with Gasteiger partial charge >= 0.3 is 5.97 Å². The fourth-order valence-corrected chi connectivity index (χ4v) is 4.92. The van der Waals surface area contributed by atoms with Gasteiger partial charge in [0, 0.05) is 0 Å². The van der Waals surface area contributed by atoms with Crippen LogP contribution in [0.15, 0.2) is 36.4 Å². The SMILES string of the molecule is N#Cc1ccc([C@H]2CC[C@H]([C@H]3CC[C@H](C=CCC(=O)O)CC3)CC2)cc1. The van der Waals surface area contributed by atoms with E-state index in [4.69, 9.17) is 10.4 Å². The van der Waals surface area contributed by atoms with Crippen LogP contribution in [0.3, 0.4) is 0 Å². The number of carbonyl (C=O) groups is 1. The molecule has 0 heterocycles. The lowest BCUT2D eigenvalue weighted by Crippen LogP contribution is -2.25. The summed E-state index contributed by atoms with van der Waals surface area (Å²) in [6, 6.07) is 10.4. The first-order valence-corrected chi connectivity index (χ1v) is 10.0. The van der Waals surface area contributed by atoms with Gasteiger partial charge in [-0.1, -0.05) is 24.3 Å². The molecule has 0 spiro atoms. The van der Waals surface area contributed by atoms with Crippen LogP contribution in [0.5, 0.6) is 0 Å². The van der Waals surface area contributed by atoms with Crippen LogP contribution in [0.2, 0.25) is 0 Å². The van der Waals surface area contributed by atoms with Crippen LogP contribution >= 0.6 is 0 Å². The molecule has 138 valence electrons. The lowest BCUT2D eigenvalue weighted by Gasteiger charge is -2.37. The molecule has 1 N–H and O–H groups in total. The van der Waals surface area contributed by atoms with E-state index in [9.17, 15) is 4.79 Å². The van der Waals surface area contributed by atoms with Gasteiger partial charge < -0.3 is 5.11 Å². The van der Waals surface area contributed by atoms with Crippen molar-refractivity contribution in [3.05, 3.63) is 47.5 Å². The van der Waals surface area contributed by atoms with Crippen molar-refractivity contribution < 1.29 is 9.90 Å². The zero-order chi connectivity index (χ0) is 18.4. The summed E-state index contributed by atoms with van der Waals surface area (Å²) < 4.78 is 0. The number of nitriles is 1. The van der Waals surface area contributed by atoms with Gasteiger partial charge in [0.05, 0.1) is 18.1 Å². The van der Waals surface area contributed by atoms with Crippen LogP contribution in [0.1, 0.15) is 74.8 Å². The molecule has 3 heteroatoms. The highest BCUT2D eigenvalue weighted by Crippen LogP contribution is 2.44. The number of nitrogens with zero attached hydrogens (tertiary/aromatic N) is 1. The summed E-state index contributed by atoms with van der Waals surface area (Å²) in [5, 5.41) is 17.6. The van der Waals surface area contributed by atoms with Crippen molar-refractivity contribution in [1.29, 1.82) is 5.26 Å². The molecular weight excluding hydrogens is 322 g/mol. The molecule has 2 aliphatic carbocycles. The Balaban J connectivity index is 1.43. The minimum atomic E-state index is -0.742. The molecule has 26 heavy (non-hydrogen) atoms. The minimum absolute atomic E-state index is 0.152. The van der Waals surface area contributed by atoms with Crippen LogP contribution in [0.25, 0.3) is 0 Å². The average molecular weight is 351 g/mol. The van der Waals surface area contributed by atoms with Gasteiger partial charge in [-0.15, -0.1) is 0 Å². The Morgan fingerprint density at radius 1 is 1.00 bits per heavy atom. The minimum Gasteiger partial charge on any atom is -0.481 e. The number of carboxylic acids is 1. The van der Waals surface area contributed by atoms with Crippen LogP contribution < -0.4 is 0 Å². The number of hydrogen-bond donors (Lipinski definition) is 1. The number of allylic oxidation sites excluding steroid dienone is 1. The predicted molar refractivity (Wildman–Crippen MR) is 103 cm³/mol. The van der Waals surface area contributed by atoms with Crippen molar-refractivity contribution in [3.8, 4) is 6.07 Å². The molecule has 0 aromatic heterocycles. The van der Waals surface area contributed by atoms with Crippen molar-refractivity contribution in [2.45, 2.75) is 63.7 Å². The van der Waals surface area contributed by atoms with Gasteiger partial charge in [0.2, 0.25) is 0 Å². The third kappa shape index (κ3) is 4.97. The Kier molecular flexibility index (Phi) is 6.50. The first-order chi connectivity index (χ1) is 12.7. The highest BCUT2D eigenvalue weighted by atomic mass is 16.4. The highest BCUT2D eigenvalue weighted by molar-refractivity contribution is 5.68. The normalized spacial score (nSPS) is 29.3. The zero-order valence-corrected chi connectivity index (χ0v) is 15.4. The molecule has 0 bridgehead atoms. The van der Waals surface area contributed by atoms with Crippen molar-refractivity contribution in [1.82, 2.24) is 0 Å². The first-order valence-electron chi connectivity index (χ1n) is 10.0. The van der Waals surface area contributed by atoms with Gasteiger partial charge in [0.1, 0.15) is 0 Å². The van der Waals surface area contributed by atoms with E-state index in [0.29, 0.717) is 11.8 Å². The maximum absolute atomic E-state index is 10.6. The second kappa shape index (κ2) is 9.03.